The molecule has 0 aliphatic rings. The minimum atomic E-state index is -0.317. The van der Waals surface area contributed by atoms with Crippen molar-refractivity contribution in [1.82, 2.24) is 0 Å². The van der Waals surface area contributed by atoms with E-state index in [4.69, 9.17) is 10.5 Å². The van der Waals surface area contributed by atoms with Gasteiger partial charge in [0.15, 0.2) is 11.6 Å². The van der Waals surface area contributed by atoms with E-state index in [0.717, 1.165) is 18.4 Å². The number of benzene rings is 2. The number of ether oxygens (including phenoxy) is 1. The minimum Gasteiger partial charge on any atom is -0.454 e. The summed E-state index contributed by atoms with van der Waals surface area (Å²) in [4.78, 5) is 0. The second kappa shape index (κ2) is 6.53. The number of hydrogen-bond donors (Lipinski definition) is 1. The van der Waals surface area contributed by atoms with Gasteiger partial charge in [-0.15, -0.1) is 0 Å². The van der Waals surface area contributed by atoms with Crippen molar-refractivity contribution in [3.63, 3.8) is 0 Å². The third-order valence-electron chi connectivity index (χ3n) is 3.30. The predicted molar refractivity (Wildman–Crippen MR) is 79.6 cm³/mol. The first-order chi connectivity index (χ1) is 9.60. The average Bonchev–Trinajstić information content (AvgIpc) is 2.44. The summed E-state index contributed by atoms with van der Waals surface area (Å²) < 4.78 is 19.5. The summed E-state index contributed by atoms with van der Waals surface area (Å²) >= 11 is 0. The quantitative estimate of drug-likeness (QED) is 0.885. The number of nitrogens with two attached hydrogens (primary N) is 1. The lowest BCUT2D eigenvalue weighted by atomic mass is 10.0. The van der Waals surface area contributed by atoms with Crippen LogP contribution in [0.2, 0.25) is 0 Å². The van der Waals surface area contributed by atoms with Gasteiger partial charge in [0.2, 0.25) is 0 Å². The van der Waals surface area contributed by atoms with E-state index in [1.54, 1.807) is 25.1 Å². The highest BCUT2D eigenvalue weighted by molar-refractivity contribution is 5.37. The van der Waals surface area contributed by atoms with Crippen LogP contribution in [0.5, 0.6) is 11.5 Å². The standard InChI is InChI=1S/C17H20FNO/c1-3-14(19)10-13-7-5-8-15(11-13)20-16-9-4-6-12(2)17(16)18/h4-9,11,14H,3,10,19H2,1-2H3. The molecular weight excluding hydrogens is 253 g/mol. The molecule has 0 heterocycles. The Bertz CT molecular complexity index is 583. The second-order valence-electron chi connectivity index (χ2n) is 5.01. The fourth-order valence-electron chi connectivity index (χ4n) is 2.01. The maximum Gasteiger partial charge on any atom is 0.168 e. The van der Waals surface area contributed by atoms with Crippen LogP contribution in [-0.2, 0) is 6.42 Å². The topological polar surface area (TPSA) is 35.2 Å². The zero-order valence-electron chi connectivity index (χ0n) is 11.9. The summed E-state index contributed by atoms with van der Waals surface area (Å²) in [5, 5.41) is 0. The lowest BCUT2D eigenvalue weighted by Gasteiger charge is -2.11. The van der Waals surface area contributed by atoms with Gasteiger partial charge >= 0.3 is 0 Å². The highest BCUT2D eigenvalue weighted by atomic mass is 19.1. The molecule has 0 aliphatic carbocycles. The fourth-order valence-corrected chi connectivity index (χ4v) is 2.01. The van der Waals surface area contributed by atoms with Crippen LogP contribution < -0.4 is 10.5 Å². The van der Waals surface area contributed by atoms with Crippen molar-refractivity contribution in [3.05, 3.63) is 59.4 Å². The van der Waals surface area contributed by atoms with E-state index < -0.39 is 0 Å². The van der Waals surface area contributed by atoms with E-state index in [2.05, 4.69) is 6.92 Å². The van der Waals surface area contributed by atoms with Gasteiger partial charge in [-0.2, -0.15) is 0 Å². The molecule has 2 aromatic carbocycles. The van der Waals surface area contributed by atoms with Crippen molar-refractivity contribution >= 4 is 0 Å². The van der Waals surface area contributed by atoms with Crippen molar-refractivity contribution in [1.29, 1.82) is 0 Å². The Morgan fingerprint density at radius 3 is 2.70 bits per heavy atom. The molecule has 0 saturated heterocycles. The van der Waals surface area contributed by atoms with Crippen molar-refractivity contribution in [2.75, 3.05) is 0 Å². The molecule has 0 aromatic heterocycles. The van der Waals surface area contributed by atoms with Crippen LogP contribution in [0.1, 0.15) is 24.5 Å². The van der Waals surface area contributed by atoms with Crippen molar-refractivity contribution in [3.8, 4) is 11.5 Å². The summed E-state index contributed by atoms with van der Waals surface area (Å²) in [7, 11) is 0. The van der Waals surface area contributed by atoms with Crippen LogP contribution in [0.3, 0.4) is 0 Å². The van der Waals surface area contributed by atoms with Gasteiger partial charge in [0, 0.05) is 6.04 Å². The molecule has 2 N–H and O–H groups in total. The van der Waals surface area contributed by atoms with E-state index in [0.29, 0.717) is 11.3 Å². The molecule has 0 aliphatic heterocycles. The first kappa shape index (κ1) is 14.5. The zero-order chi connectivity index (χ0) is 14.5. The highest BCUT2D eigenvalue weighted by Crippen LogP contribution is 2.26. The van der Waals surface area contributed by atoms with E-state index in [1.165, 1.54) is 0 Å². The predicted octanol–water partition coefficient (Wildman–Crippen LogP) is 4.21. The Balaban J connectivity index is 2.17. The zero-order valence-corrected chi connectivity index (χ0v) is 11.9. The number of aryl methyl sites for hydroxylation is 1. The normalized spacial score (nSPS) is 12.2. The van der Waals surface area contributed by atoms with Crippen molar-refractivity contribution < 1.29 is 9.13 Å². The lowest BCUT2D eigenvalue weighted by Crippen LogP contribution is -2.21. The Kier molecular flexibility index (Phi) is 4.74. The van der Waals surface area contributed by atoms with Crippen LogP contribution in [-0.4, -0.2) is 6.04 Å². The molecule has 2 nitrogen and oxygen atoms in total. The molecule has 2 aromatic rings. The molecule has 2 rings (SSSR count). The molecule has 0 radical (unpaired) electrons. The summed E-state index contributed by atoms with van der Waals surface area (Å²) in [5.74, 6) is 0.570. The first-order valence-corrected chi connectivity index (χ1v) is 6.87. The molecule has 106 valence electrons. The summed E-state index contributed by atoms with van der Waals surface area (Å²) in [6.07, 6.45) is 1.72. The van der Waals surface area contributed by atoms with Crippen LogP contribution in [0.25, 0.3) is 0 Å². The van der Waals surface area contributed by atoms with E-state index in [-0.39, 0.29) is 17.6 Å². The molecule has 20 heavy (non-hydrogen) atoms. The molecule has 0 bridgehead atoms. The molecule has 0 amide bonds. The van der Waals surface area contributed by atoms with E-state index in [1.807, 2.05) is 24.3 Å². The number of halogens is 1. The molecule has 0 spiro atoms. The van der Waals surface area contributed by atoms with Crippen molar-refractivity contribution in [2.24, 2.45) is 5.73 Å². The third kappa shape index (κ3) is 3.58. The molecule has 0 saturated carbocycles. The van der Waals surface area contributed by atoms with Gasteiger partial charge in [0.25, 0.3) is 0 Å². The number of rotatable bonds is 5. The monoisotopic (exact) mass is 273 g/mol. The van der Waals surface area contributed by atoms with Gasteiger partial charge in [0.1, 0.15) is 5.75 Å². The maximum absolute atomic E-state index is 13.9. The van der Waals surface area contributed by atoms with Gasteiger partial charge in [0.05, 0.1) is 0 Å². The smallest absolute Gasteiger partial charge is 0.168 e. The molecule has 0 fully saturated rings. The molecule has 3 heteroatoms. The first-order valence-electron chi connectivity index (χ1n) is 6.87. The third-order valence-corrected chi connectivity index (χ3v) is 3.30. The van der Waals surface area contributed by atoms with Gasteiger partial charge < -0.3 is 10.5 Å². The number of hydrogen-bond acceptors (Lipinski definition) is 2. The Morgan fingerprint density at radius 2 is 1.95 bits per heavy atom. The van der Waals surface area contributed by atoms with Gasteiger partial charge in [-0.1, -0.05) is 31.2 Å². The largest absolute Gasteiger partial charge is 0.454 e. The summed E-state index contributed by atoms with van der Waals surface area (Å²) in [6.45, 7) is 3.78. The van der Waals surface area contributed by atoms with E-state index >= 15 is 0 Å². The van der Waals surface area contributed by atoms with Crippen LogP contribution >= 0.6 is 0 Å². The van der Waals surface area contributed by atoms with Gasteiger partial charge in [-0.25, -0.2) is 4.39 Å². The van der Waals surface area contributed by atoms with Crippen LogP contribution in [0, 0.1) is 12.7 Å². The van der Waals surface area contributed by atoms with E-state index in [9.17, 15) is 4.39 Å². The van der Waals surface area contributed by atoms with Crippen LogP contribution in [0.15, 0.2) is 42.5 Å². The second-order valence-corrected chi connectivity index (χ2v) is 5.01. The molecular formula is C17H20FNO. The molecule has 1 atom stereocenters. The van der Waals surface area contributed by atoms with Gasteiger partial charge in [-0.05, 0) is 49.1 Å². The highest BCUT2D eigenvalue weighted by Gasteiger charge is 2.08. The average molecular weight is 273 g/mol. The van der Waals surface area contributed by atoms with Crippen LogP contribution in [0.4, 0.5) is 4.39 Å². The minimum absolute atomic E-state index is 0.140. The fraction of sp³-hybridized carbons (Fsp3) is 0.294. The Morgan fingerprint density at radius 1 is 1.20 bits per heavy atom. The SMILES string of the molecule is CCC(N)Cc1cccc(Oc2cccc(C)c2F)c1. The Labute approximate surface area is 119 Å². The Hall–Kier alpha value is -1.87. The van der Waals surface area contributed by atoms with Crippen molar-refractivity contribution in [2.45, 2.75) is 32.7 Å². The summed E-state index contributed by atoms with van der Waals surface area (Å²) in [6, 6.07) is 12.9. The lowest BCUT2D eigenvalue weighted by molar-refractivity contribution is 0.439. The molecule has 1 unspecified atom stereocenters. The summed E-state index contributed by atoms with van der Waals surface area (Å²) in [5.41, 5.74) is 7.63. The van der Waals surface area contributed by atoms with Gasteiger partial charge in [-0.3, -0.25) is 0 Å². The maximum atomic E-state index is 13.9.